The fraction of sp³-hybridized carbons (Fsp3) is 0.364. The van der Waals surface area contributed by atoms with Crippen LogP contribution in [0, 0.1) is 0 Å². The molecule has 0 fully saturated rings. The Morgan fingerprint density at radius 3 is 2.73 bits per heavy atom. The third kappa shape index (κ3) is 2.00. The highest BCUT2D eigenvalue weighted by Gasteiger charge is 2.33. The van der Waals surface area contributed by atoms with Gasteiger partial charge in [-0.25, -0.2) is 4.79 Å². The lowest BCUT2D eigenvalue weighted by Crippen LogP contribution is -2.38. The SMILES string of the molecule is CC1(C)OC(=O)c2ccc(CBr)cc2O1. The van der Waals surface area contributed by atoms with Gasteiger partial charge in [0.25, 0.3) is 0 Å². The van der Waals surface area contributed by atoms with Gasteiger partial charge < -0.3 is 9.47 Å². The van der Waals surface area contributed by atoms with Gasteiger partial charge in [0.2, 0.25) is 5.79 Å². The van der Waals surface area contributed by atoms with Crippen molar-refractivity contribution in [3.8, 4) is 5.75 Å². The number of rotatable bonds is 1. The summed E-state index contributed by atoms with van der Waals surface area (Å²) in [5.74, 6) is -0.620. The minimum atomic E-state index is -0.880. The predicted molar refractivity (Wildman–Crippen MR) is 59.2 cm³/mol. The average Bonchev–Trinajstić information content (AvgIpc) is 2.14. The van der Waals surface area contributed by atoms with E-state index in [-0.39, 0.29) is 5.97 Å². The maximum atomic E-state index is 11.6. The number of alkyl halides is 1. The van der Waals surface area contributed by atoms with Gasteiger partial charge in [0.1, 0.15) is 11.3 Å². The number of cyclic esters (lactones) is 1. The first-order valence-electron chi connectivity index (χ1n) is 4.63. The lowest BCUT2D eigenvalue weighted by molar-refractivity contribution is -0.127. The number of halogens is 1. The van der Waals surface area contributed by atoms with Gasteiger partial charge in [-0.2, -0.15) is 0 Å². The van der Waals surface area contributed by atoms with Crippen molar-refractivity contribution in [1.29, 1.82) is 0 Å². The molecule has 1 heterocycles. The maximum absolute atomic E-state index is 11.6. The van der Waals surface area contributed by atoms with E-state index in [0.717, 1.165) is 10.9 Å². The number of carbonyl (C=O) groups is 1. The Hall–Kier alpha value is -1.03. The van der Waals surface area contributed by atoms with Crippen molar-refractivity contribution in [2.45, 2.75) is 25.0 Å². The van der Waals surface area contributed by atoms with Crippen molar-refractivity contribution in [2.24, 2.45) is 0 Å². The van der Waals surface area contributed by atoms with Crippen molar-refractivity contribution in [3.63, 3.8) is 0 Å². The Morgan fingerprint density at radius 1 is 1.33 bits per heavy atom. The van der Waals surface area contributed by atoms with E-state index in [1.54, 1.807) is 19.9 Å². The molecule has 0 aliphatic carbocycles. The Kier molecular flexibility index (Phi) is 2.46. The molecule has 80 valence electrons. The Bertz CT molecular complexity index is 412. The standard InChI is InChI=1S/C11H11BrO3/c1-11(2)14-9-5-7(6-12)3-4-8(9)10(13)15-11/h3-5H,6H2,1-2H3. The summed E-state index contributed by atoms with van der Waals surface area (Å²) in [7, 11) is 0. The number of benzene rings is 1. The molecule has 0 atom stereocenters. The molecule has 1 aromatic carbocycles. The first-order valence-corrected chi connectivity index (χ1v) is 5.75. The molecule has 0 spiro atoms. The zero-order chi connectivity index (χ0) is 11.1. The molecule has 0 bridgehead atoms. The monoisotopic (exact) mass is 270 g/mol. The molecule has 2 rings (SSSR count). The molecule has 15 heavy (non-hydrogen) atoms. The minimum absolute atomic E-state index is 0.331. The van der Waals surface area contributed by atoms with Gasteiger partial charge in [-0.3, -0.25) is 0 Å². The zero-order valence-electron chi connectivity index (χ0n) is 8.54. The van der Waals surface area contributed by atoms with Crippen LogP contribution in [0.2, 0.25) is 0 Å². The predicted octanol–water partition coefficient (Wildman–Crippen LogP) is 2.87. The Balaban J connectivity index is 2.46. The fourth-order valence-electron chi connectivity index (χ4n) is 1.47. The lowest BCUT2D eigenvalue weighted by atomic mass is 10.1. The second-order valence-electron chi connectivity index (χ2n) is 3.86. The molecule has 0 aromatic heterocycles. The van der Waals surface area contributed by atoms with Gasteiger partial charge in [-0.1, -0.05) is 22.0 Å². The summed E-state index contributed by atoms with van der Waals surface area (Å²) in [6, 6.07) is 5.45. The van der Waals surface area contributed by atoms with E-state index in [9.17, 15) is 4.79 Å². The van der Waals surface area contributed by atoms with E-state index in [1.807, 2.05) is 12.1 Å². The van der Waals surface area contributed by atoms with E-state index in [1.165, 1.54) is 0 Å². The average molecular weight is 271 g/mol. The molecule has 0 unspecified atom stereocenters. The summed E-state index contributed by atoms with van der Waals surface area (Å²) >= 11 is 3.36. The third-order valence-electron chi connectivity index (χ3n) is 2.11. The molecule has 0 saturated heterocycles. The number of fused-ring (bicyclic) bond motifs is 1. The Labute approximate surface area is 96.5 Å². The summed E-state index contributed by atoms with van der Waals surface area (Å²) in [6.07, 6.45) is 0. The molecule has 0 N–H and O–H groups in total. The van der Waals surface area contributed by atoms with Gasteiger partial charge in [-0.15, -0.1) is 0 Å². The highest BCUT2D eigenvalue weighted by molar-refractivity contribution is 9.08. The lowest BCUT2D eigenvalue weighted by Gasteiger charge is -2.31. The molecule has 3 nitrogen and oxygen atoms in total. The van der Waals surface area contributed by atoms with Crippen molar-refractivity contribution >= 4 is 21.9 Å². The largest absolute Gasteiger partial charge is 0.452 e. The van der Waals surface area contributed by atoms with Crippen LogP contribution in [0.3, 0.4) is 0 Å². The molecule has 4 heteroatoms. The molecular formula is C11H11BrO3. The number of hydrogen-bond acceptors (Lipinski definition) is 3. The highest BCUT2D eigenvalue weighted by Crippen LogP contribution is 2.32. The first-order chi connectivity index (χ1) is 7.02. The first kappa shape index (κ1) is 10.5. The summed E-state index contributed by atoms with van der Waals surface area (Å²) in [5, 5.41) is 0.735. The van der Waals surface area contributed by atoms with Crippen LogP contribution in [0.4, 0.5) is 0 Å². The molecule has 1 aliphatic rings. The van der Waals surface area contributed by atoms with E-state index >= 15 is 0 Å². The van der Waals surface area contributed by atoms with Crippen LogP contribution in [0.5, 0.6) is 5.75 Å². The molecule has 0 saturated carbocycles. The number of ether oxygens (including phenoxy) is 2. The molecule has 0 radical (unpaired) electrons. The summed E-state index contributed by atoms with van der Waals surface area (Å²) in [6.45, 7) is 3.43. The summed E-state index contributed by atoms with van der Waals surface area (Å²) in [5.41, 5.74) is 1.55. The van der Waals surface area contributed by atoms with Crippen LogP contribution < -0.4 is 4.74 Å². The second-order valence-corrected chi connectivity index (χ2v) is 4.42. The third-order valence-corrected chi connectivity index (χ3v) is 2.76. The topological polar surface area (TPSA) is 35.5 Å². The maximum Gasteiger partial charge on any atom is 0.345 e. The van der Waals surface area contributed by atoms with E-state index < -0.39 is 5.79 Å². The van der Waals surface area contributed by atoms with Crippen molar-refractivity contribution in [3.05, 3.63) is 29.3 Å². The zero-order valence-corrected chi connectivity index (χ0v) is 10.1. The minimum Gasteiger partial charge on any atom is -0.452 e. The molecule has 0 amide bonds. The van der Waals surface area contributed by atoms with Crippen LogP contribution in [0.1, 0.15) is 29.8 Å². The van der Waals surface area contributed by atoms with E-state index in [4.69, 9.17) is 9.47 Å². The quantitative estimate of drug-likeness (QED) is 0.582. The number of hydrogen-bond donors (Lipinski definition) is 0. The Morgan fingerprint density at radius 2 is 2.07 bits per heavy atom. The van der Waals surface area contributed by atoms with Crippen LogP contribution in [0.15, 0.2) is 18.2 Å². The number of carbonyl (C=O) groups excluding carboxylic acids is 1. The van der Waals surface area contributed by atoms with Crippen LogP contribution >= 0.6 is 15.9 Å². The highest BCUT2D eigenvalue weighted by atomic mass is 79.9. The molecule has 1 aromatic rings. The fourth-order valence-corrected chi connectivity index (χ4v) is 1.82. The van der Waals surface area contributed by atoms with Crippen LogP contribution in [-0.2, 0) is 10.1 Å². The van der Waals surface area contributed by atoms with E-state index in [2.05, 4.69) is 15.9 Å². The van der Waals surface area contributed by atoms with Crippen molar-refractivity contribution < 1.29 is 14.3 Å². The van der Waals surface area contributed by atoms with E-state index in [0.29, 0.717) is 11.3 Å². The molecular weight excluding hydrogens is 260 g/mol. The second kappa shape index (κ2) is 3.52. The summed E-state index contributed by atoms with van der Waals surface area (Å²) < 4.78 is 10.7. The van der Waals surface area contributed by atoms with Crippen LogP contribution in [0.25, 0.3) is 0 Å². The van der Waals surface area contributed by atoms with Gasteiger partial charge in [-0.05, 0) is 17.7 Å². The summed E-state index contributed by atoms with van der Waals surface area (Å²) in [4.78, 5) is 11.6. The van der Waals surface area contributed by atoms with Gasteiger partial charge in [0, 0.05) is 19.2 Å². The normalized spacial score (nSPS) is 17.7. The van der Waals surface area contributed by atoms with Gasteiger partial charge in [0.05, 0.1) is 0 Å². The van der Waals surface area contributed by atoms with Crippen LogP contribution in [-0.4, -0.2) is 11.8 Å². The van der Waals surface area contributed by atoms with Gasteiger partial charge >= 0.3 is 5.97 Å². The van der Waals surface area contributed by atoms with Crippen molar-refractivity contribution in [2.75, 3.05) is 0 Å². The smallest absolute Gasteiger partial charge is 0.345 e. The van der Waals surface area contributed by atoms with Crippen molar-refractivity contribution in [1.82, 2.24) is 0 Å². The number of esters is 1. The molecule has 1 aliphatic heterocycles. The van der Waals surface area contributed by atoms with Gasteiger partial charge in [0.15, 0.2) is 0 Å².